The maximum absolute atomic E-state index is 12.9. The molecule has 1 aromatic carbocycles. The molecule has 12 heteroatoms. The van der Waals surface area contributed by atoms with Crippen molar-refractivity contribution in [1.29, 1.82) is 0 Å². The van der Waals surface area contributed by atoms with Crippen LogP contribution in [0.1, 0.15) is 22.5 Å². The van der Waals surface area contributed by atoms with Crippen molar-refractivity contribution < 1.29 is 26.4 Å². The number of para-hydroxylation sites is 1. The summed E-state index contributed by atoms with van der Waals surface area (Å²) in [7, 11) is -5.62. The van der Waals surface area contributed by atoms with Crippen molar-refractivity contribution in [2.24, 2.45) is 0 Å². The Hall–Kier alpha value is -2.34. The molecule has 1 fully saturated rings. The summed E-state index contributed by atoms with van der Waals surface area (Å²) in [5.41, 5.74) is -5.09. The van der Waals surface area contributed by atoms with Gasteiger partial charge in [-0.3, -0.25) is 9.52 Å². The molecule has 0 atom stereocenters. The fourth-order valence-electron chi connectivity index (χ4n) is 2.93. The number of sulfonamides is 1. The van der Waals surface area contributed by atoms with Gasteiger partial charge >= 0.3 is 15.5 Å². The molecule has 0 unspecified atom stereocenters. The minimum absolute atomic E-state index is 0.126. The predicted octanol–water partition coefficient (Wildman–Crippen LogP) is 3.07. The number of nitrogens with one attached hydrogen (secondary N) is 1. The number of alkyl halides is 3. The van der Waals surface area contributed by atoms with Crippen LogP contribution in [-0.4, -0.2) is 55.9 Å². The molecule has 0 radical (unpaired) electrons. The van der Waals surface area contributed by atoms with E-state index in [0.717, 1.165) is 16.9 Å². The van der Waals surface area contributed by atoms with Crippen LogP contribution in [0.15, 0.2) is 29.6 Å². The maximum Gasteiger partial charge on any atom is 0.516 e. The lowest BCUT2D eigenvalue weighted by atomic mass is 10.1. The third kappa shape index (κ3) is 4.81. The number of halogens is 3. The second kappa shape index (κ2) is 8.19. The number of carbonyl (C=O) groups excluding carboxylic acids is 1. The van der Waals surface area contributed by atoms with Crippen LogP contribution < -0.4 is 9.62 Å². The highest BCUT2D eigenvalue weighted by molar-refractivity contribution is 7.93. The summed E-state index contributed by atoms with van der Waals surface area (Å²) >= 11 is 1.51. The topological polar surface area (TPSA) is 82.6 Å². The van der Waals surface area contributed by atoms with Crippen LogP contribution in [0.4, 0.5) is 24.0 Å². The molecular weight excluding hydrogens is 429 g/mol. The molecule has 0 bridgehead atoms. The molecule has 1 N–H and O–H groups in total. The van der Waals surface area contributed by atoms with Crippen LogP contribution in [0.25, 0.3) is 0 Å². The molecule has 158 valence electrons. The zero-order chi connectivity index (χ0) is 21.2. The van der Waals surface area contributed by atoms with Gasteiger partial charge in [0.1, 0.15) is 0 Å². The fourth-order valence-corrected chi connectivity index (χ4v) is 4.37. The summed E-state index contributed by atoms with van der Waals surface area (Å²) in [6.07, 6.45) is 0.654. The first-order valence-corrected chi connectivity index (χ1v) is 11.1. The van der Waals surface area contributed by atoms with Gasteiger partial charge in [-0.25, -0.2) is 4.98 Å². The van der Waals surface area contributed by atoms with Gasteiger partial charge in [-0.15, -0.1) is 11.3 Å². The van der Waals surface area contributed by atoms with Crippen molar-refractivity contribution >= 4 is 38.1 Å². The van der Waals surface area contributed by atoms with Gasteiger partial charge in [0.15, 0.2) is 5.13 Å². The number of hydrogen-bond donors (Lipinski definition) is 1. The third-order valence-corrected chi connectivity index (χ3v) is 6.48. The molecule has 0 spiro atoms. The largest absolute Gasteiger partial charge is 0.516 e. The summed E-state index contributed by atoms with van der Waals surface area (Å²) in [6, 6.07) is 5.28. The summed E-state index contributed by atoms with van der Waals surface area (Å²) in [6.45, 7) is 3.86. The Bertz CT molecular complexity index is 992. The van der Waals surface area contributed by atoms with E-state index in [2.05, 4.69) is 9.88 Å². The molecule has 1 aliphatic heterocycles. The molecule has 29 heavy (non-hydrogen) atoms. The Morgan fingerprint density at radius 3 is 2.55 bits per heavy atom. The van der Waals surface area contributed by atoms with Crippen LogP contribution >= 0.6 is 11.3 Å². The molecular formula is C17H19F3N4O3S2. The second-order valence-electron chi connectivity index (χ2n) is 6.50. The minimum atomic E-state index is -5.62. The van der Waals surface area contributed by atoms with Gasteiger partial charge in [-0.2, -0.15) is 21.6 Å². The number of anilines is 2. The number of nitrogens with zero attached hydrogens (tertiary/aromatic N) is 3. The van der Waals surface area contributed by atoms with Gasteiger partial charge in [0, 0.05) is 31.6 Å². The third-order valence-electron chi connectivity index (χ3n) is 4.37. The lowest BCUT2D eigenvalue weighted by molar-refractivity contribution is -0.0429. The van der Waals surface area contributed by atoms with E-state index < -0.39 is 27.1 Å². The van der Waals surface area contributed by atoms with Crippen molar-refractivity contribution in [3.63, 3.8) is 0 Å². The lowest BCUT2D eigenvalue weighted by Gasteiger charge is -2.23. The lowest BCUT2D eigenvalue weighted by Crippen LogP contribution is -2.36. The molecule has 1 aliphatic rings. The van der Waals surface area contributed by atoms with Gasteiger partial charge < -0.3 is 9.80 Å². The van der Waals surface area contributed by atoms with Gasteiger partial charge in [-0.05, 0) is 25.5 Å². The van der Waals surface area contributed by atoms with Crippen LogP contribution in [0, 0.1) is 6.92 Å². The molecule has 3 rings (SSSR count). The van der Waals surface area contributed by atoms with E-state index in [1.807, 2.05) is 12.3 Å². The smallest absolute Gasteiger partial charge is 0.346 e. The van der Waals surface area contributed by atoms with E-state index >= 15 is 0 Å². The van der Waals surface area contributed by atoms with Crippen molar-refractivity contribution in [1.82, 2.24) is 9.88 Å². The van der Waals surface area contributed by atoms with Crippen molar-refractivity contribution in [2.45, 2.75) is 18.9 Å². The van der Waals surface area contributed by atoms with Crippen molar-refractivity contribution in [3.05, 3.63) is 40.9 Å². The first-order valence-electron chi connectivity index (χ1n) is 8.73. The summed E-state index contributed by atoms with van der Waals surface area (Å²) < 4.78 is 62.5. The fraction of sp³-hybridized carbons (Fsp3) is 0.412. The molecule has 1 saturated heterocycles. The second-order valence-corrected chi connectivity index (χ2v) is 9.01. The SMILES string of the molecule is Cc1csc(N2CCCN(C(=O)c3ccccc3NS(=O)(=O)C(F)(F)F)CC2)n1. The molecule has 2 aromatic rings. The van der Waals surface area contributed by atoms with Gasteiger partial charge in [-0.1, -0.05) is 12.1 Å². The predicted molar refractivity (Wildman–Crippen MR) is 105 cm³/mol. The van der Waals surface area contributed by atoms with E-state index in [1.165, 1.54) is 39.2 Å². The number of thiazole rings is 1. The van der Waals surface area contributed by atoms with Gasteiger partial charge in [0.2, 0.25) is 0 Å². The molecule has 1 aromatic heterocycles. The molecule has 7 nitrogen and oxygen atoms in total. The minimum Gasteiger partial charge on any atom is -0.346 e. The number of aromatic nitrogens is 1. The van der Waals surface area contributed by atoms with E-state index in [9.17, 15) is 26.4 Å². The van der Waals surface area contributed by atoms with E-state index in [0.29, 0.717) is 32.6 Å². The first kappa shape index (κ1) is 21.4. The van der Waals surface area contributed by atoms with E-state index in [1.54, 1.807) is 0 Å². The number of amides is 1. The standard InChI is InChI=1S/C17H19F3N4O3S2/c1-12-11-28-16(21-12)24-8-4-7-23(9-10-24)15(25)13-5-2-3-6-14(13)22-29(26,27)17(18,19)20/h2-3,5-6,11,22H,4,7-10H2,1H3. The highest BCUT2D eigenvalue weighted by Crippen LogP contribution is 2.28. The number of carbonyl (C=O) groups is 1. The highest BCUT2D eigenvalue weighted by atomic mass is 32.2. The number of benzene rings is 1. The molecule has 0 aliphatic carbocycles. The Morgan fingerprint density at radius 2 is 1.90 bits per heavy atom. The summed E-state index contributed by atoms with van der Waals surface area (Å²) in [4.78, 5) is 20.9. The van der Waals surface area contributed by atoms with Crippen molar-refractivity contribution in [3.8, 4) is 0 Å². The first-order chi connectivity index (χ1) is 13.6. The van der Waals surface area contributed by atoms with E-state index in [4.69, 9.17) is 0 Å². The number of hydrogen-bond acceptors (Lipinski definition) is 6. The van der Waals surface area contributed by atoms with Crippen molar-refractivity contribution in [2.75, 3.05) is 35.8 Å². The Labute approximate surface area is 170 Å². The van der Waals surface area contributed by atoms with Crippen LogP contribution in [-0.2, 0) is 10.0 Å². The number of rotatable bonds is 4. The summed E-state index contributed by atoms with van der Waals surface area (Å²) in [5.74, 6) is -0.525. The average molecular weight is 448 g/mol. The Balaban J connectivity index is 1.77. The zero-order valence-electron chi connectivity index (χ0n) is 15.4. The molecule has 2 heterocycles. The van der Waals surface area contributed by atoms with Crippen LogP contribution in [0.5, 0.6) is 0 Å². The maximum atomic E-state index is 12.9. The highest BCUT2D eigenvalue weighted by Gasteiger charge is 2.46. The normalized spacial score (nSPS) is 15.9. The monoisotopic (exact) mass is 448 g/mol. The molecule has 1 amide bonds. The van der Waals surface area contributed by atoms with Crippen LogP contribution in [0.3, 0.4) is 0 Å². The average Bonchev–Trinajstić information content (AvgIpc) is 2.93. The van der Waals surface area contributed by atoms with Gasteiger partial charge in [0.05, 0.1) is 16.9 Å². The Kier molecular flexibility index (Phi) is 6.03. The van der Waals surface area contributed by atoms with E-state index in [-0.39, 0.29) is 5.56 Å². The Morgan fingerprint density at radius 1 is 1.17 bits per heavy atom. The zero-order valence-corrected chi connectivity index (χ0v) is 17.1. The number of aryl methyl sites for hydroxylation is 1. The molecule has 0 saturated carbocycles. The van der Waals surface area contributed by atoms with Gasteiger partial charge in [0.25, 0.3) is 5.91 Å². The van der Waals surface area contributed by atoms with Crippen LogP contribution in [0.2, 0.25) is 0 Å². The summed E-state index contributed by atoms with van der Waals surface area (Å²) in [5, 5.41) is 2.79. The quantitative estimate of drug-likeness (QED) is 0.778.